The molecule has 0 saturated carbocycles. The highest BCUT2D eigenvalue weighted by atomic mass is 32.2. The van der Waals surface area contributed by atoms with Crippen molar-refractivity contribution >= 4 is 27.2 Å². The van der Waals surface area contributed by atoms with Crippen LogP contribution in [-0.4, -0.2) is 51.3 Å². The Kier molecular flexibility index (Phi) is 5.61. The molecule has 0 aromatic rings. The average molecular weight is 280 g/mol. The molecule has 0 aliphatic carbocycles. The second kappa shape index (κ2) is 6.51. The van der Waals surface area contributed by atoms with E-state index >= 15 is 0 Å². The minimum atomic E-state index is -2.80. The zero-order valence-corrected chi connectivity index (χ0v) is 11.9. The summed E-state index contributed by atoms with van der Waals surface area (Å²) in [6, 6.07) is 0.146. The van der Waals surface area contributed by atoms with Crippen LogP contribution in [0.25, 0.3) is 0 Å². The summed E-state index contributed by atoms with van der Waals surface area (Å²) in [4.78, 5) is 0. The summed E-state index contributed by atoms with van der Waals surface area (Å²) in [5.41, 5.74) is 0. The fourth-order valence-electron chi connectivity index (χ4n) is 1.84. The van der Waals surface area contributed by atoms with Crippen molar-refractivity contribution < 1.29 is 13.2 Å². The fourth-order valence-corrected chi connectivity index (χ4v) is 3.98. The quantitative estimate of drug-likeness (QED) is 0.687. The Morgan fingerprint density at radius 3 is 2.82 bits per heavy atom. The standard InChI is InChI=1S/C10H20N2O3S2/c1-8(6-15-2)12-10(16)11-5-9-3-4-17(13,14)7-9/h8-9H,3-7H2,1-2H3,(H2,11,12,16). The predicted molar refractivity (Wildman–Crippen MR) is 71.8 cm³/mol. The molecule has 2 N–H and O–H groups in total. The summed E-state index contributed by atoms with van der Waals surface area (Å²) in [7, 11) is -1.16. The molecular formula is C10H20N2O3S2. The Morgan fingerprint density at radius 1 is 1.59 bits per heavy atom. The number of thiocarbonyl (C=S) groups is 1. The molecule has 1 aliphatic heterocycles. The molecule has 7 heteroatoms. The first-order valence-electron chi connectivity index (χ1n) is 5.66. The number of rotatable bonds is 5. The Hall–Kier alpha value is -0.400. The van der Waals surface area contributed by atoms with Gasteiger partial charge in [0.25, 0.3) is 0 Å². The molecule has 0 aromatic heterocycles. The number of ether oxygens (including phenoxy) is 1. The van der Waals surface area contributed by atoms with E-state index in [9.17, 15) is 8.42 Å². The van der Waals surface area contributed by atoms with Gasteiger partial charge in [0, 0.05) is 19.7 Å². The fraction of sp³-hybridized carbons (Fsp3) is 0.900. The van der Waals surface area contributed by atoms with Crippen LogP contribution >= 0.6 is 12.2 Å². The van der Waals surface area contributed by atoms with Gasteiger partial charge < -0.3 is 15.4 Å². The van der Waals surface area contributed by atoms with Crippen LogP contribution in [-0.2, 0) is 14.6 Å². The van der Waals surface area contributed by atoms with Crippen LogP contribution < -0.4 is 10.6 Å². The molecule has 0 spiro atoms. The van der Waals surface area contributed by atoms with Crippen molar-refractivity contribution in [1.82, 2.24) is 10.6 Å². The van der Waals surface area contributed by atoms with Crippen molar-refractivity contribution in [1.29, 1.82) is 0 Å². The van der Waals surface area contributed by atoms with Crippen LogP contribution in [0.3, 0.4) is 0 Å². The zero-order chi connectivity index (χ0) is 12.9. The van der Waals surface area contributed by atoms with Crippen molar-refractivity contribution in [3.63, 3.8) is 0 Å². The largest absolute Gasteiger partial charge is 0.383 e. The van der Waals surface area contributed by atoms with Gasteiger partial charge in [-0.15, -0.1) is 0 Å². The molecule has 1 saturated heterocycles. The third-order valence-corrected chi connectivity index (χ3v) is 4.77. The molecule has 17 heavy (non-hydrogen) atoms. The minimum Gasteiger partial charge on any atom is -0.383 e. The lowest BCUT2D eigenvalue weighted by Crippen LogP contribution is -2.44. The van der Waals surface area contributed by atoms with Gasteiger partial charge in [0.1, 0.15) is 0 Å². The van der Waals surface area contributed by atoms with E-state index in [1.807, 2.05) is 6.92 Å². The van der Waals surface area contributed by atoms with Gasteiger partial charge in [-0.05, 0) is 31.5 Å². The molecular weight excluding hydrogens is 260 g/mol. The van der Waals surface area contributed by atoms with E-state index in [4.69, 9.17) is 17.0 Å². The number of hydrogen-bond acceptors (Lipinski definition) is 4. The number of methoxy groups -OCH3 is 1. The predicted octanol–water partition coefficient (Wildman–Crippen LogP) is -0.0799. The molecule has 0 amide bonds. The van der Waals surface area contributed by atoms with Gasteiger partial charge in [-0.25, -0.2) is 8.42 Å². The van der Waals surface area contributed by atoms with Crippen molar-refractivity contribution in [2.45, 2.75) is 19.4 Å². The van der Waals surface area contributed by atoms with Crippen molar-refractivity contribution in [2.24, 2.45) is 5.92 Å². The molecule has 1 fully saturated rings. The van der Waals surface area contributed by atoms with E-state index in [0.717, 1.165) is 6.42 Å². The molecule has 0 bridgehead atoms. The maximum atomic E-state index is 11.3. The molecule has 1 rings (SSSR count). The molecule has 0 radical (unpaired) electrons. The summed E-state index contributed by atoms with van der Waals surface area (Å²) < 4.78 is 27.5. The highest BCUT2D eigenvalue weighted by Crippen LogP contribution is 2.17. The zero-order valence-electron chi connectivity index (χ0n) is 10.2. The van der Waals surface area contributed by atoms with Gasteiger partial charge in [-0.2, -0.15) is 0 Å². The van der Waals surface area contributed by atoms with Gasteiger partial charge in [-0.1, -0.05) is 0 Å². The minimum absolute atomic E-state index is 0.146. The van der Waals surface area contributed by atoms with Crippen LogP contribution in [0.1, 0.15) is 13.3 Å². The van der Waals surface area contributed by atoms with Gasteiger partial charge in [0.2, 0.25) is 0 Å². The summed E-state index contributed by atoms with van der Waals surface area (Å²) in [6.45, 7) is 3.17. The van der Waals surface area contributed by atoms with Gasteiger partial charge in [0.15, 0.2) is 14.9 Å². The molecule has 2 atom stereocenters. The highest BCUT2D eigenvalue weighted by Gasteiger charge is 2.27. The first kappa shape index (κ1) is 14.7. The molecule has 2 unspecified atom stereocenters. The van der Waals surface area contributed by atoms with E-state index in [-0.39, 0.29) is 17.7 Å². The Morgan fingerprint density at radius 2 is 2.29 bits per heavy atom. The van der Waals surface area contributed by atoms with Crippen LogP contribution in [0.2, 0.25) is 0 Å². The highest BCUT2D eigenvalue weighted by molar-refractivity contribution is 7.91. The maximum Gasteiger partial charge on any atom is 0.166 e. The van der Waals surface area contributed by atoms with E-state index in [1.165, 1.54) is 0 Å². The van der Waals surface area contributed by atoms with Crippen molar-refractivity contribution in [3.8, 4) is 0 Å². The van der Waals surface area contributed by atoms with E-state index in [0.29, 0.717) is 24.0 Å². The lowest BCUT2D eigenvalue weighted by atomic mass is 10.1. The lowest BCUT2D eigenvalue weighted by Gasteiger charge is -2.17. The SMILES string of the molecule is COCC(C)NC(=S)NCC1CCS(=O)(=O)C1. The van der Waals surface area contributed by atoms with Gasteiger partial charge in [0.05, 0.1) is 18.1 Å². The normalized spacial score (nSPS) is 24.2. The summed E-state index contributed by atoms with van der Waals surface area (Å²) in [5, 5.41) is 6.68. The smallest absolute Gasteiger partial charge is 0.166 e. The average Bonchev–Trinajstić information content (AvgIpc) is 2.55. The third-order valence-electron chi connectivity index (χ3n) is 2.67. The Balaban J connectivity index is 2.20. The Labute approximate surface area is 108 Å². The topological polar surface area (TPSA) is 67.4 Å². The summed E-state index contributed by atoms with van der Waals surface area (Å²) in [5.74, 6) is 0.757. The van der Waals surface area contributed by atoms with Gasteiger partial charge >= 0.3 is 0 Å². The number of hydrogen-bond donors (Lipinski definition) is 2. The maximum absolute atomic E-state index is 11.3. The lowest BCUT2D eigenvalue weighted by molar-refractivity contribution is 0.179. The van der Waals surface area contributed by atoms with Crippen LogP contribution in [0.4, 0.5) is 0 Å². The van der Waals surface area contributed by atoms with Gasteiger partial charge in [-0.3, -0.25) is 0 Å². The molecule has 5 nitrogen and oxygen atoms in total. The van der Waals surface area contributed by atoms with E-state index in [1.54, 1.807) is 7.11 Å². The molecule has 0 aromatic carbocycles. The molecule has 100 valence electrons. The number of nitrogens with one attached hydrogen (secondary N) is 2. The number of sulfone groups is 1. The molecule has 1 heterocycles. The summed E-state index contributed by atoms with van der Waals surface area (Å²) >= 11 is 5.11. The molecule has 1 aliphatic rings. The second-order valence-electron chi connectivity index (χ2n) is 4.48. The second-order valence-corrected chi connectivity index (χ2v) is 7.12. The third kappa shape index (κ3) is 5.65. The first-order chi connectivity index (χ1) is 7.93. The monoisotopic (exact) mass is 280 g/mol. The summed E-state index contributed by atoms with van der Waals surface area (Å²) in [6.07, 6.45) is 0.728. The van der Waals surface area contributed by atoms with Crippen LogP contribution in [0.5, 0.6) is 0 Å². The Bertz CT molecular complexity index is 357. The van der Waals surface area contributed by atoms with Crippen LogP contribution in [0, 0.1) is 5.92 Å². The first-order valence-corrected chi connectivity index (χ1v) is 7.89. The van der Waals surface area contributed by atoms with Crippen LogP contribution in [0.15, 0.2) is 0 Å². The van der Waals surface area contributed by atoms with E-state index in [2.05, 4.69) is 10.6 Å². The van der Waals surface area contributed by atoms with Crippen molar-refractivity contribution in [3.05, 3.63) is 0 Å². The van der Waals surface area contributed by atoms with E-state index < -0.39 is 9.84 Å². The van der Waals surface area contributed by atoms with Crippen molar-refractivity contribution in [2.75, 3.05) is 31.8 Å².